The smallest absolute Gasteiger partial charge is 0.272 e. The molecule has 2 aliphatic rings. The fourth-order valence-electron chi connectivity index (χ4n) is 3.43. The van der Waals surface area contributed by atoms with Crippen molar-refractivity contribution in [3.8, 4) is 0 Å². The van der Waals surface area contributed by atoms with E-state index in [-0.39, 0.29) is 36.5 Å². The first-order valence-corrected chi connectivity index (χ1v) is 10.3. The van der Waals surface area contributed by atoms with Crippen LogP contribution in [0.25, 0.3) is 0 Å². The van der Waals surface area contributed by atoms with Crippen molar-refractivity contribution in [3.05, 3.63) is 11.8 Å². The number of amidine groups is 1. The van der Waals surface area contributed by atoms with Gasteiger partial charge in [0.25, 0.3) is 10.0 Å². The van der Waals surface area contributed by atoms with Crippen LogP contribution < -0.4 is 10.9 Å². The number of β-amino-alcohol motifs (C(OH)–C–C–N with tert-alkyl or cyclic N) is 1. The Morgan fingerprint density at radius 2 is 2.27 bits per heavy atom. The topological polar surface area (TPSA) is 125 Å². The van der Waals surface area contributed by atoms with Crippen molar-refractivity contribution in [3.63, 3.8) is 0 Å². The molecule has 9 nitrogen and oxygen atoms in total. The molecule has 0 radical (unpaired) electrons. The van der Waals surface area contributed by atoms with E-state index in [4.69, 9.17) is 4.52 Å². The van der Waals surface area contributed by atoms with E-state index in [0.717, 1.165) is 5.59 Å². The van der Waals surface area contributed by atoms with Gasteiger partial charge >= 0.3 is 0 Å². The van der Waals surface area contributed by atoms with Crippen molar-refractivity contribution in [2.45, 2.75) is 38.3 Å². The number of carbonyl (C=O) groups excluding carboxylic acids is 1. The molecule has 1 amide bonds. The Kier molecular flexibility index (Phi) is 5.16. The summed E-state index contributed by atoms with van der Waals surface area (Å²) >= 11 is 0. The zero-order chi connectivity index (χ0) is 19.1. The van der Waals surface area contributed by atoms with Gasteiger partial charge in [0.1, 0.15) is 30.6 Å². The second kappa shape index (κ2) is 7.07. The summed E-state index contributed by atoms with van der Waals surface area (Å²) in [7, 11) is -0.910. The third kappa shape index (κ3) is 3.66. The minimum Gasteiger partial charge on any atom is -0.391 e. The first-order valence-electron chi connectivity index (χ1n) is 8.72. The number of hydrogen-bond acceptors (Lipinski definition) is 7. The van der Waals surface area contributed by atoms with Crippen LogP contribution in [0.3, 0.4) is 0 Å². The van der Waals surface area contributed by atoms with Crippen LogP contribution in [-0.4, -0.2) is 74.8 Å². The highest BCUT2D eigenvalue weighted by Gasteiger charge is 2.43. The maximum atomic E-state index is 13.3. The summed E-state index contributed by atoms with van der Waals surface area (Å²) in [6, 6.07) is 1.18. The minimum atomic E-state index is -3.56. The lowest BCUT2D eigenvalue weighted by molar-refractivity contribution is -0.134. The summed E-state index contributed by atoms with van der Waals surface area (Å²) in [5, 5.41) is 16.8. The SMILES string of the molecule is BBc1cc(C(C(=O)N2CC(O)CC2C2=NS(=O)(=O)CN2)C(C)C)on1. The Morgan fingerprint density at radius 3 is 2.81 bits per heavy atom. The summed E-state index contributed by atoms with van der Waals surface area (Å²) < 4.78 is 32.3. The van der Waals surface area contributed by atoms with Gasteiger partial charge < -0.3 is 19.8 Å². The quantitative estimate of drug-likeness (QED) is 0.532. The fourth-order valence-corrected chi connectivity index (χ4v) is 4.31. The zero-order valence-corrected chi connectivity index (χ0v) is 15.9. The van der Waals surface area contributed by atoms with Crippen molar-refractivity contribution < 1.29 is 22.8 Å². The van der Waals surface area contributed by atoms with E-state index >= 15 is 0 Å². The van der Waals surface area contributed by atoms with Gasteiger partial charge in [0.2, 0.25) is 5.91 Å². The molecule has 3 atom stereocenters. The highest BCUT2D eigenvalue weighted by Crippen LogP contribution is 2.30. The summed E-state index contributed by atoms with van der Waals surface area (Å²) in [5.74, 6) is -0.434. The summed E-state index contributed by atoms with van der Waals surface area (Å²) in [4.78, 5) is 14.8. The summed E-state index contributed by atoms with van der Waals surface area (Å²) in [6.07, 6.45) is -0.486. The second-order valence-electron chi connectivity index (χ2n) is 7.07. The van der Waals surface area contributed by atoms with E-state index in [1.807, 2.05) is 21.6 Å². The maximum absolute atomic E-state index is 13.3. The standard InChI is InChI=1S/C14H22B2N4O5S/c1-7(2)12(10-4-11(16-15)18-25-10)14(22)20-5-8(21)3-9(20)13-17-6-26(23,24)19-13/h4,7-9,12,16,21H,3,5-6,15H2,1-2H3,(H,17,19). The van der Waals surface area contributed by atoms with Crippen LogP contribution in [0.1, 0.15) is 31.9 Å². The molecule has 0 saturated carbocycles. The molecule has 0 aliphatic carbocycles. The number of amides is 1. The van der Waals surface area contributed by atoms with Crippen molar-refractivity contribution in [1.82, 2.24) is 15.4 Å². The van der Waals surface area contributed by atoms with E-state index in [1.54, 1.807) is 6.07 Å². The molecule has 1 aromatic heterocycles. The number of nitrogens with one attached hydrogen (secondary N) is 1. The molecule has 0 aromatic carbocycles. The van der Waals surface area contributed by atoms with Crippen LogP contribution in [0.2, 0.25) is 0 Å². The number of nitrogens with zero attached hydrogens (tertiary/aromatic N) is 3. The number of rotatable bonds is 5. The summed E-state index contributed by atoms with van der Waals surface area (Å²) in [6.45, 7) is 3.95. The first-order chi connectivity index (χ1) is 12.2. The Balaban J connectivity index is 1.90. The van der Waals surface area contributed by atoms with E-state index in [9.17, 15) is 18.3 Å². The lowest BCUT2D eigenvalue weighted by Gasteiger charge is -2.29. The van der Waals surface area contributed by atoms with Gasteiger partial charge in [-0.15, -0.1) is 4.40 Å². The van der Waals surface area contributed by atoms with Crippen LogP contribution in [0.4, 0.5) is 0 Å². The molecule has 0 bridgehead atoms. The number of sulfonamides is 1. The number of aliphatic hydroxyl groups excluding tert-OH is 1. The Hall–Kier alpha value is -1.81. The highest BCUT2D eigenvalue weighted by molar-refractivity contribution is 7.90. The Labute approximate surface area is 153 Å². The lowest BCUT2D eigenvalue weighted by Crippen LogP contribution is -2.47. The minimum absolute atomic E-state index is 0.0549. The molecule has 3 rings (SSSR count). The number of carbonyl (C=O) groups is 1. The van der Waals surface area contributed by atoms with Gasteiger partial charge in [-0.05, 0) is 12.0 Å². The number of aliphatic hydroxyl groups is 1. The fraction of sp³-hybridized carbons (Fsp3) is 0.643. The predicted octanol–water partition coefficient (Wildman–Crippen LogP) is -2.73. The molecule has 140 valence electrons. The van der Waals surface area contributed by atoms with Crippen LogP contribution >= 0.6 is 0 Å². The van der Waals surface area contributed by atoms with Crippen molar-refractivity contribution >= 4 is 42.3 Å². The molecule has 1 aromatic rings. The van der Waals surface area contributed by atoms with Crippen LogP contribution in [0.5, 0.6) is 0 Å². The van der Waals surface area contributed by atoms with Crippen molar-refractivity contribution in [1.29, 1.82) is 0 Å². The lowest BCUT2D eigenvalue weighted by atomic mass is 9.53. The third-order valence-corrected chi connectivity index (χ3v) is 5.71. The zero-order valence-electron chi connectivity index (χ0n) is 15.0. The van der Waals surface area contributed by atoms with Gasteiger partial charge in [0, 0.05) is 18.6 Å². The third-order valence-electron chi connectivity index (χ3n) is 4.73. The Bertz CT molecular complexity index is 825. The molecule has 26 heavy (non-hydrogen) atoms. The average molecular weight is 380 g/mol. The van der Waals surface area contributed by atoms with Crippen molar-refractivity contribution in [2.24, 2.45) is 10.3 Å². The normalized spacial score (nSPS) is 25.8. The largest absolute Gasteiger partial charge is 0.391 e. The molecular formula is C14H22B2N4O5S. The molecule has 12 heteroatoms. The number of likely N-dealkylation sites (tertiary alicyclic amines) is 1. The molecule has 1 saturated heterocycles. The highest BCUT2D eigenvalue weighted by atomic mass is 32.2. The number of hydrogen-bond donors (Lipinski definition) is 2. The van der Waals surface area contributed by atoms with Crippen LogP contribution in [0.15, 0.2) is 15.0 Å². The molecule has 3 unspecified atom stereocenters. The van der Waals surface area contributed by atoms with Gasteiger partial charge in [-0.3, -0.25) is 4.79 Å². The number of aromatic nitrogens is 1. The van der Waals surface area contributed by atoms with Gasteiger partial charge in [-0.2, -0.15) is 0 Å². The van der Waals surface area contributed by atoms with Gasteiger partial charge in [0.15, 0.2) is 0 Å². The van der Waals surface area contributed by atoms with Gasteiger partial charge in [0.05, 0.1) is 19.9 Å². The van der Waals surface area contributed by atoms with Crippen LogP contribution in [0, 0.1) is 5.92 Å². The molecule has 2 N–H and O–H groups in total. The van der Waals surface area contributed by atoms with E-state index in [0.29, 0.717) is 12.9 Å². The summed E-state index contributed by atoms with van der Waals surface area (Å²) in [5.41, 5.74) is 0.768. The van der Waals surface area contributed by atoms with E-state index in [2.05, 4.69) is 14.9 Å². The predicted molar refractivity (Wildman–Crippen MR) is 99.9 cm³/mol. The Morgan fingerprint density at radius 1 is 1.54 bits per heavy atom. The second-order valence-corrected chi connectivity index (χ2v) is 8.71. The van der Waals surface area contributed by atoms with E-state index in [1.165, 1.54) is 4.90 Å². The van der Waals surface area contributed by atoms with Gasteiger partial charge in [-0.25, -0.2) is 8.42 Å². The van der Waals surface area contributed by atoms with Gasteiger partial charge in [-0.1, -0.05) is 19.0 Å². The van der Waals surface area contributed by atoms with Crippen molar-refractivity contribution in [2.75, 3.05) is 12.4 Å². The van der Waals surface area contributed by atoms with E-state index < -0.39 is 28.1 Å². The molecule has 3 heterocycles. The maximum Gasteiger partial charge on any atom is 0.272 e. The molecule has 0 spiro atoms. The van der Waals surface area contributed by atoms with Crippen LogP contribution in [-0.2, 0) is 14.8 Å². The average Bonchev–Trinajstić information content (AvgIpc) is 3.25. The molecule has 2 aliphatic heterocycles. The first kappa shape index (κ1) is 19.0. The molecular weight excluding hydrogens is 358 g/mol. The monoisotopic (exact) mass is 380 g/mol. The molecule has 1 fully saturated rings.